The van der Waals surface area contributed by atoms with Crippen molar-refractivity contribution in [2.45, 2.75) is 58.9 Å². The van der Waals surface area contributed by atoms with Gasteiger partial charge in [-0.05, 0) is 88.1 Å². The molecule has 0 radical (unpaired) electrons. The molecule has 3 aromatic rings. The SMILES string of the molecule is CCCN(CCC)C(=O)c1ccc2nc(Nc3ccc(OC)cc3)n(CCCN3CCCCC3)c2n1. The number of methoxy groups -OCH3 is 1. The van der Waals surface area contributed by atoms with E-state index >= 15 is 0 Å². The molecule has 1 fully saturated rings. The fraction of sp³-hybridized carbons (Fsp3) is 0.536. The minimum atomic E-state index is -0.00803. The number of rotatable bonds is 12. The maximum absolute atomic E-state index is 13.3. The number of nitrogens with one attached hydrogen (secondary N) is 1. The summed E-state index contributed by atoms with van der Waals surface area (Å²) in [5, 5.41) is 3.46. The number of aryl methyl sites for hydroxylation is 1. The highest BCUT2D eigenvalue weighted by Crippen LogP contribution is 2.25. The van der Waals surface area contributed by atoms with E-state index in [0.717, 1.165) is 74.0 Å². The summed E-state index contributed by atoms with van der Waals surface area (Å²) in [5.41, 5.74) is 2.95. The second kappa shape index (κ2) is 12.7. The Morgan fingerprint density at radius 3 is 2.36 bits per heavy atom. The van der Waals surface area contributed by atoms with Gasteiger partial charge in [0, 0.05) is 25.3 Å². The zero-order valence-corrected chi connectivity index (χ0v) is 22.0. The number of carbonyl (C=O) groups is 1. The van der Waals surface area contributed by atoms with E-state index in [1.807, 2.05) is 41.3 Å². The van der Waals surface area contributed by atoms with Gasteiger partial charge in [-0.1, -0.05) is 20.3 Å². The van der Waals surface area contributed by atoms with Crippen LogP contribution in [-0.4, -0.2) is 70.1 Å². The van der Waals surface area contributed by atoms with Gasteiger partial charge in [0.25, 0.3) is 5.91 Å². The summed E-state index contributed by atoms with van der Waals surface area (Å²) in [4.78, 5) is 27.4. The number of benzene rings is 1. The first kappa shape index (κ1) is 25.9. The molecule has 1 N–H and O–H groups in total. The first-order valence-corrected chi connectivity index (χ1v) is 13.4. The third-order valence-electron chi connectivity index (χ3n) is 6.74. The number of amides is 1. The van der Waals surface area contributed by atoms with E-state index < -0.39 is 0 Å². The Morgan fingerprint density at radius 1 is 0.972 bits per heavy atom. The van der Waals surface area contributed by atoms with E-state index in [1.165, 1.54) is 32.4 Å². The molecule has 1 saturated heterocycles. The van der Waals surface area contributed by atoms with Crippen molar-refractivity contribution in [2.75, 3.05) is 45.2 Å². The Kier molecular flexibility index (Phi) is 9.17. The Balaban J connectivity index is 1.62. The zero-order valence-electron chi connectivity index (χ0n) is 22.0. The molecular formula is C28H40N6O2. The highest BCUT2D eigenvalue weighted by Gasteiger charge is 2.20. The Hall–Kier alpha value is -3.13. The van der Waals surface area contributed by atoms with Crippen LogP contribution in [0, 0.1) is 0 Å². The average Bonchev–Trinajstić information content (AvgIpc) is 3.25. The predicted molar refractivity (Wildman–Crippen MR) is 145 cm³/mol. The van der Waals surface area contributed by atoms with Crippen LogP contribution in [0.1, 0.15) is 62.9 Å². The van der Waals surface area contributed by atoms with E-state index in [2.05, 4.69) is 28.6 Å². The summed E-state index contributed by atoms with van der Waals surface area (Å²) in [5.74, 6) is 1.54. The van der Waals surface area contributed by atoms with Crippen LogP contribution < -0.4 is 10.1 Å². The lowest BCUT2D eigenvalue weighted by Crippen LogP contribution is -2.33. The second-order valence-electron chi connectivity index (χ2n) is 9.53. The van der Waals surface area contributed by atoms with Crippen LogP contribution in [0.15, 0.2) is 36.4 Å². The Morgan fingerprint density at radius 2 is 1.69 bits per heavy atom. The first-order valence-electron chi connectivity index (χ1n) is 13.4. The van der Waals surface area contributed by atoms with Crippen LogP contribution >= 0.6 is 0 Å². The number of piperidine rings is 1. The van der Waals surface area contributed by atoms with E-state index in [0.29, 0.717) is 5.69 Å². The lowest BCUT2D eigenvalue weighted by atomic mass is 10.1. The summed E-state index contributed by atoms with van der Waals surface area (Å²) in [6, 6.07) is 11.5. The van der Waals surface area contributed by atoms with E-state index in [-0.39, 0.29) is 5.91 Å². The maximum atomic E-state index is 13.3. The van der Waals surface area contributed by atoms with Gasteiger partial charge in [0.1, 0.15) is 17.0 Å². The molecule has 194 valence electrons. The van der Waals surface area contributed by atoms with Gasteiger partial charge in [-0.15, -0.1) is 0 Å². The number of nitrogens with zero attached hydrogens (tertiary/aromatic N) is 5. The van der Waals surface area contributed by atoms with E-state index in [1.54, 1.807) is 7.11 Å². The van der Waals surface area contributed by atoms with Crippen LogP contribution in [0.3, 0.4) is 0 Å². The normalized spacial score (nSPS) is 14.2. The molecule has 0 unspecified atom stereocenters. The molecular weight excluding hydrogens is 452 g/mol. The van der Waals surface area contributed by atoms with Crippen molar-refractivity contribution < 1.29 is 9.53 Å². The van der Waals surface area contributed by atoms with Crippen molar-refractivity contribution in [1.82, 2.24) is 24.3 Å². The van der Waals surface area contributed by atoms with Gasteiger partial charge in [-0.3, -0.25) is 9.36 Å². The highest BCUT2D eigenvalue weighted by molar-refractivity contribution is 5.94. The summed E-state index contributed by atoms with van der Waals surface area (Å²) in [7, 11) is 1.66. The molecule has 4 rings (SSSR count). The number of likely N-dealkylation sites (tertiary alicyclic amines) is 1. The summed E-state index contributed by atoms with van der Waals surface area (Å²) < 4.78 is 7.42. The number of aromatic nitrogens is 3. The van der Waals surface area contributed by atoms with Gasteiger partial charge < -0.3 is 19.9 Å². The number of ether oxygens (including phenoxy) is 1. The molecule has 1 aromatic carbocycles. The van der Waals surface area contributed by atoms with Crippen molar-refractivity contribution >= 4 is 28.7 Å². The molecule has 1 aliphatic rings. The molecule has 1 aliphatic heterocycles. The molecule has 1 amide bonds. The van der Waals surface area contributed by atoms with Crippen molar-refractivity contribution in [3.63, 3.8) is 0 Å². The smallest absolute Gasteiger partial charge is 0.272 e. The zero-order chi connectivity index (χ0) is 25.3. The van der Waals surface area contributed by atoms with Crippen molar-refractivity contribution in [2.24, 2.45) is 0 Å². The number of carbonyl (C=O) groups excluding carboxylic acids is 1. The van der Waals surface area contributed by atoms with Gasteiger partial charge in [0.2, 0.25) is 5.95 Å². The summed E-state index contributed by atoms with van der Waals surface area (Å²) in [6.07, 6.45) is 6.78. The standard InChI is InChI=1S/C28H40N6O2/c1-4-16-33(17-5-2)27(35)25-15-14-24-26(30-25)34(21-9-20-32-18-7-6-8-19-32)28(31-24)29-22-10-12-23(36-3)13-11-22/h10-15H,4-9,16-21H2,1-3H3,(H,29,31). The summed E-state index contributed by atoms with van der Waals surface area (Å²) in [6.45, 7) is 9.89. The fourth-order valence-corrected chi connectivity index (χ4v) is 4.88. The molecule has 36 heavy (non-hydrogen) atoms. The molecule has 8 heteroatoms. The number of pyridine rings is 1. The van der Waals surface area contributed by atoms with Gasteiger partial charge in [-0.2, -0.15) is 0 Å². The van der Waals surface area contributed by atoms with E-state index in [4.69, 9.17) is 14.7 Å². The first-order chi connectivity index (χ1) is 17.6. The molecule has 0 atom stereocenters. The van der Waals surface area contributed by atoms with Crippen LogP contribution in [0.2, 0.25) is 0 Å². The van der Waals surface area contributed by atoms with Crippen molar-refractivity contribution in [3.8, 4) is 5.75 Å². The third-order valence-corrected chi connectivity index (χ3v) is 6.74. The number of hydrogen-bond donors (Lipinski definition) is 1. The lowest BCUT2D eigenvalue weighted by Gasteiger charge is -2.26. The molecule has 3 heterocycles. The Labute approximate surface area is 214 Å². The lowest BCUT2D eigenvalue weighted by molar-refractivity contribution is 0.0750. The minimum Gasteiger partial charge on any atom is -0.497 e. The van der Waals surface area contributed by atoms with Crippen LogP contribution in [0.5, 0.6) is 5.75 Å². The third kappa shape index (κ3) is 6.35. The average molecular weight is 493 g/mol. The van der Waals surface area contributed by atoms with Crippen LogP contribution in [0.25, 0.3) is 11.2 Å². The highest BCUT2D eigenvalue weighted by atomic mass is 16.5. The molecule has 0 saturated carbocycles. The van der Waals surface area contributed by atoms with Crippen LogP contribution in [-0.2, 0) is 6.54 Å². The monoisotopic (exact) mass is 492 g/mol. The predicted octanol–water partition coefficient (Wildman–Crippen LogP) is 5.32. The summed E-state index contributed by atoms with van der Waals surface area (Å²) >= 11 is 0. The molecule has 2 aromatic heterocycles. The van der Waals surface area contributed by atoms with Gasteiger partial charge in [0.05, 0.1) is 7.11 Å². The van der Waals surface area contributed by atoms with E-state index in [9.17, 15) is 4.79 Å². The number of hydrogen-bond acceptors (Lipinski definition) is 6. The number of imidazole rings is 1. The van der Waals surface area contributed by atoms with Gasteiger partial charge >= 0.3 is 0 Å². The van der Waals surface area contributed by atoms with Crippen LogP contribution in [0.4, 0.5) is 11.6 Å². The van der Waals surface area contributed by atoms with Crippen molar-refractivity contribution in [3.05, 3.63) is 42.1 Å². The molecule has 8 nitrogen and oxygen atoms in total. The van der Waals surface area contributed by atoms with Gasteiger partial charge in [-0.25, -0.2) is 9.97 Å². The largest absolute Gasteiger partial charge is 0.497 e. The molecule has 0 bridgehead atoms. The fourth-order valence-electron chi connectivity index (χ4n) is 4.88. The van der Waals surface area contributed by atoms with Crippen molar-refractivity contribution in [1.29, 1.82) is 0 Å². The minimum absolute atomic E-state index is 0.00803. The molecule has 0 aliphatic carbocycles. The number of anilines is 2. The Bertz CT molecular complexity index is 1120. The topological polar surface area (TPSA) is 75.5 Å². The quantitative estimate of drug-likeness (QED) is 0.369. The molecule has 0 spiro atoms. The maximum Gasteiger partial charge on any atom is 0.272 e. The number of fused-ring (bicyclic) bond motifs is 1. The second-order valence-corrected chi connectivity index (χ2v) is 9.53. The van der Waals surface area contributed by atoms with Gasteiger partial charge in [0.15, 0.2) is 5.65 Å².